The van der Waals surface area contributed by atoms with Gasteiger partial charge < -0.3 is 5.53 Å². The van der Waals surface area contributed by atoms with E-state index in [0.717, 1.165) is 23.4 Å². The lowest BCUT2D eigenvalue weighted by molar-refractivity contribution is -0.384. The highest BCUT2D eigenvalue weighted by molar-refractivity contribution is 8.09. The molecule has 1 unspecified atom stereocenters. The second kappa shape index (κ2) is 9.09. The monoisotopic (exact) mass is 430 g/mol. The molecule has 0 aliphatic rings. The molecule has 30 heavy (non-hydrogen) atoms. The fraction of sp³-hybridized carbons (Fsp3) is 0.158. The van der Waals surface area contributed by atoms with Crippen molar-refractivity contribution in [1.29, 1.82) is 0 Å². The Balaban J connectivity index is 2.52. The van der Waals surface area contributed by atoms with E-state index in [2.05, 4.69) is 16.6 Å². The summed E-state index contributed by atoms with van der Waals surface area (Å²) in [4.78, 5) is 24.4. The number of rotatable bonds is 5. The number of ketones is 1. The Hall–Kier alpha value is -3.87. The van der Waals surface area contributed by atoms with E-state index in [-0.39, 0.29) is 11.4 Å². The van der Waals surface area contributed by atoms with Crippen molar-refractivity contribution >= 4 is 32.2 Å². The highest BCUT2D eigenvalue weighted by Gasteiger charge is 2.41. The van der Waals surface area contributed by atoms with Gasteiger partial charge in [-0.2, -0.15) is 8.42 Å². The molecule has 9 nitrogen and oxygen atoms in total. The van der Waals surface area contributed by atoms with Crippen molar-refractivity contribution in [3.63, 3.8) is 0 Å². The van der Waals surface area contributed by atoms with Crippen LogP contribution in [0, 0.1) is 27.8 Å². The molecule has 2 aromatic rings. The summed E-state index contributed by atoms with van der Waals surface area (Å²) >= 11 is 0. The first kappa shape index (κ1) is 22.4. The first-order valence-corrected chi connectivity index (χ1v) is 9.81. The number of carbonyl (C=O) groups excluding carboxylic acids is 1. The Morgan fingerprint density at radius 1 is 1.20 bits per heavy atom. The van der Waals surface area contributed by atoms with Crippen LogP contribution < -0.4 is 4.31 Å². The van der Waals surface area contributed by atoms with E-state index in [1.54, 1.807) is 0 Å². The van der Waals surface area contributed by atoms with Crippen molar-refractivity contribution in [1.82, 2.24) is 0 Å². The number of nitro groups is 1. The van der Waals surface area contributed by atoms with Crippen LogP contribution in [-0.2, 0) is 14.8 Å². The van der Waals surface area contributed by atoms with Crippen molar-refractivity contribution < 1.29 is 27.3 Å². The van der Waals surface area contributed by atoms with Crippen LogP contribution in [0.4, 0.5) is 15.8 Å². The molecular formula is C19H15FN4O5S. The average Bonchev–Trinajstić information content (AvgIpc) is 2.68. The number of anilines is 1. The number of sulfonamides is 1. The Morgan fingerprint density at radius 3 is 2.23 bits per heavy atom. The van der Waals surface area contributed by atoms with Gasteiger partial charge in [0, 0.05) is 24.6 Å². The SMILES string of the molecule is CC(=O)C(=[N+]=[N-])S(=O)(=O)N(c1ccc(F)cc1)C(C)C#Cc1ccc([N+](=O)[O-])cc1. The molecule has 0 amide bonds. The third-order valence-corrected chi connectivity index (χ3v) is 5.73. The third kappa shape index (κ3) is 4.94. The Bertz CT molecular complexity index is 1190. The zero-order chi connectivity index (χ0) is 22.5. The maximum absolute atomic E-state index is 13.3. The topological polar surface area (TPSA) is 134 Å². The fourth-order valence-corrected chi connectivity index (χ4v) is 3.99. The summed E-state index contributed by atoms with van der Waals surface area (Å²) in [6.45, 7) is 2.33. The van der Waals surface area contributed by atoms with Crippen molar-refractivity contribution in [2.45, 2.75) is 19.9 Å². The van der Waals surface area contributed by atoms with Gasteiger partial charge in [0.25, 0.3) is 11.5 Å². The van der Waals surface area contributed by atoms with Crippen LogP contribution >= 0.6 is 0 Å². The van der Waals surface area contributed by atoms with Gasteiger partial charge in [-0.15, -0.1) is 4.79 Å². The number of hydrogen-bond acceptors (Lipinski definition) is 5. The number of carbonyl (C=O) groups is 1. The van der Waals surface area contributed by atoms with Gasteiger partial charge in [0.2, 0.25) is 0 Å². The largest absolute Gasteiger partial charge is 0.466 e. The first-order valence-electron chi connectivity index (χ1n) is 8.37. The zero-order valence-corrected chi connectivity index (χ0v) is 16.6. The molecule has 0 aliphatic carbocycles. The van der Waals surface area contributed by atoms with Gasteiger partial charge in [0.05, 0.1) is 10.6 Å². The van der Waals surface area contributed by atoms with Gasteiger partial charge in [0.1, 0.15) is 11.9 Å². The molecule has 0 saturated heterocycles. The number of Topliss-reactive ketones (excluding diaryl/α,β-unsaturated/α-hetero) is 1. The number of nitrogens with zero attached hydrogens (tertiary/aromatic N) is 4. The van der Waals surface area contributed by atoms with Crippen LogP contribution in [0.15, 0.2) is 48.5 Å². The minimum absolute atomic E-state index is 0.00991. The van der Waals surface area contributed by atoms with Crippen molar-refractivity contribution in [2.75, 3.05) is 4.31 Å². The maximum Gasteiger partial charge on any atom is 0.466 e. The number of hydrogen-bond donors (Lipinski definition) is 0. The standard InChI is InChI=1S/C19H15FN4O5S/c1-13(3-4-15-5-9-18(10-6-15)24(26)27)23(17-11-7-16(20)8-12-17)30(28,29)19(22-21)14(2)25/h5-13H,1-2H3. The van der Waals surface area contributed by atoms with Crippen molar-refractivity contribution in [3.05, 3.63) is 75.6 Å². The molecule has 2 rings (SSSR count). The Morgan fingerprint density at radius 2 is 1.77 bits per heavy atom. The van der Waals surface area contributed by atoms with Crippen LogP contribution in [0.5, 0.6) is 0 Å². The second-order valence-corrected chi connectivity index (χ2v) is 7.72. The number of halogens is 1. The zero-order valence-electron chi connectivity index (χ0n) is 15.8. The molecule has 0 bridgehead atoms. The van der Waals surface area contributed by atoms with E-state index in [0.29, 0.717) is 5.56 Å². The van der Waals surface area contributed by atoms with Crippen LogP contribution in [0.2, 0.25) is 0 Å². The summed E-state index contributed by atoms with van der Waals surface area (Å²) in [5.41, 5.74) is 9.28. The van der Waals surface area contributed by atoms with E-state index in [1.807, 2.05) is 0 Å². The normalized spacial score (nSPS) is 11.4. The van der Waals surface area contributed by atoms with E-state index in [1.165, 1.54) is 43.3 Å². The van der Waals surface area contributed by atoms with Gasteiger partial charge in [-0.25, -0.2) is 8.70 Å². The summed E-state index contributed by atoms with van der Waals surface area (Å²) in [6, 6.07) is 8.60. The number of benzene rings is 2. The fourth-order valence-electron chi connectivity index (χ4n) is 2.47. The molecule has 0 heterocycles. The molecule has 11 heteroatoms. The molecule has 0 aliphatic heterocycles. The highest BCUT2D eigenvalue weighted by Crippen LogP contribution is 2.23. The van der Waals surface area contributed by atoms with Crippen molar-refractivity contribution in [2.24, 2.45) is 0 Å². The second-order valence-electron chi connectivity index (χ2n) is 5.99. The lowest BCUT2D eigenvalue weighted by Gasteiger charge is -2.25. The summed E-state index contributed by atoms with van der Waals surface area (Å²) in [7, 11) is -4.63. The molecule has 1 atom stereocenters. The van der Waals surface area contributed by atoms with Crippen LogP contribution in [0.1, 0.15) is 19.4 Å². The van der Waals surface area contributed by atoms with Gasteiger partial charge >= 0.3 is 15.1 Å². The molecule has 2 aromatic carbocycles. The van der Waals surface area contributed by atoms with Gasteiger partial charge in [-0.1, -0.05) is 11.8 Å². The quantitative estimate of drug-likeness (QED) is 0.137. The van der Waals surface area contributed by atoms with Crippen LogP contribution in [-0.4, -0.2) is 35.0 Å². The molecule has 0 fully saturated rings. The van der Waals surface area contributed by atoms with Gasteiger partial charge in [-0.3, -0.25) is 14.9 Å². The summed E-state index contributed by atoms with van der Waals surface area (Å²) in [5.74, 6) is 3.75. The summed E-state index contributed by atoms with van der Waals surface area (Å²) < 4.78 is 39.9. The smallest absolute Gasteiger partial charge is 0.360 e. The molecule has 0 radical (unpaired) electrons. The highest BCUT2D eigenvalue weighted by atomic mass is 32.2. The van der Waals surface area contributed by atoms with E-state index < -0.39 is 37.6 Å². The van der Waals surface area contributed by atoms with Gasteiger partial charge in [-0.05, 0) is 43.3 Å². The molecule has 0 N–H and O–H groups in total. The minimum Gasteiger partial charge on any atom is -0.360 e. The molecule has 154 valence electrons. The van der Waals surface area contributed by atoms with Crippen LogP contribution in [0.25, 0.3) is 5.53 Å². The lowest BCUT2D eigenvalue weighted by atomic mass is 10.2. The molecular weight excluding hydrogens is 415 g/mol. The predicted octanol–water partition coefficient (Wildman–Crippen LogP) is 2.53. The Kier molecular flexibility index (Phi) is 6.79. The first-order chi connectivity index (χ1) is 14.1. The van der Waals surface area contributed by atoms with Gasteiger partial charge in [0.15, 0.2) is 0 Å². The van der Waals surface area contributed by atoms with E-state index in [9.17, 15) is 27.7 Å². The molecule has 0 spiro atoms. The summed E-state index contributed by atoms with van der Waals surface area (Å²) in [6.07, 6.45) is 0. The predicted molar refractivity (Wildman–Crippen MR) is 107 cm³/mol. The lowest BCUT2D eigenvalue weighted by Crippen LogP contribution is -2.44. The summed E-state index contributed by atoms with van der Waals surface area (Å²) in [5, 5.41) is 9.62. The van der Waals surface area contributed by atoms with E-state index in [4.69, 9.17) is 5.53 Å². The number of nitro benzene ring substituents is 1. The van der Waals surface area contributed by atoms with E-state index >= 15 is 0 Å². The molecule has 0 aromatic heterocycles. The van der Waals surface area contributed by atoms with Crippen molar-refractivity contribution in [3.8, 4) is 11.8 Å². The Labute approximate surface area is 171 Å². The molecule has 0 saturated carbocycles. The average molecular weight is 430 g/mol. The van der Waals surface area contributed by atoms with Crippen LogP contribution in [0.3, 0.4) is 0 Å². The number of non-ortho nitro benzene ring substituents is 1. The third-order valence-electron chi connectivity index (χ3n) is 3.83. The maximum atomic E-state index is 13.3. The minimum atomic E-state index is -4.63.